The molecule has 4 rings (SSSR count). The van der Waals surface area contributed by atoms with E-state index in [9.17, 15) is 13.6 Å². The van der Waals surface area contributed by atoms with Gasteiger partial charge in [-0.15, -0.1) is 0 Å². The Kier molecular flexibility index (Phi) is 4.20. The van der Waals surface area contributed by atoms with Gasteiger partial charge in [0.25, 0.3) is 0 Å². The molecule has 1 aliphatic carbocycles. The number of hydrogen-bond acceptors (Lipinski definition) is 3. The van der Waals surface area contributed by atoms with Crippen LogP contribution >= 0.6 is 0 Å². The van der Waals surface area contributed by atoms with Crippen molar-refractivity contribution in [1.29, 1.82) is 0 Å². The molecule has 26 heavy (non-hydrogen) atoms. The normalized spacial score (nSPS) is 13.6. The molecule has 1 saturated carbocycles. The van der Waals surface area contributed by atoms with E-state index in [1.54, 1.807) is 18.2 Å². The molecule has 1 heterocycles. The predicted molar refractivity (Wildman–Crippen MR) is 92.5 cm³/mol. The van der Waals surface area contributed by atoms with Gasteiger partial charge in [0.15, 0.2) is 17.5 Å². The van der Waals surface area contributed by atoms with Gasteiger partial charge in [-0.3, -0.25) is 9.89 Å². The second-order valence-corrected chi connectivity index (χ2v) is 6.37. The van der Waals surface area contributed by atoms with Crippen molar-refractivity contribution in [3.63, 3.8) is 0 Å². The monoisotopic (exact) mass is 354 g/mol. The first-order chi connectivity index (χ1) is 12.6. The summed E-state index contributed by atoms with van der Waals surface area (Å²) < 4.78 is 26.2. The molecule has 0 spiro atoms. The molecule has 1 amide bonds. The van der Waals surface area contributed by atoms with Crippen LogP contribution in [0.5, 0.6) is 0 Å². The Morgan fingerprint density at radius 3 is 2.77 bits per heavy atom. The molecule has 0 radical (unpaired) electrons. The van der Waals surface area contributed by atoms with Crippen LogP contribution in [-0.2, 0) is 11.2 Å². The molecule has 0 atom stereocenters. The lowest BCUT2D eigenvalue weighted by molar-refractivity contribution is -0.115. The number of carbonyl (C=O) groups excluding carboxylic acids is 1. The quantitative estimate of drug-likeness (QED) is 0.732. The average molecular weight is 354 g/mol. The maximum absolute atomic E-state index is 13.2. The molecule has 1 fully saturated rings. The minimum absolute atomic E-state index is 0.0477. The molecule has 2 N–H and O–H groups in total. The molecule has 132 valence electrons. The van der Waals surface area contributed by atoms with E-state index < -0.39 is 11.6 Å². The van der Waals surface area contributed by atoms with Crippen LogP contribution in [0.25, 0.3) is 11.4 Å². The number of amides is 1. The van der Waals surface area contributed by atoms with Crippen LogP contribution in [0.1, 0.15) is 30.1 Å². The summed E-state index contributed by atoms with van der Waals surface area (Å²) in [4.78, 5) is 16.7. The smallest absolute Gasteiger partial charge is 0.228 e. The SMILES string of the molecule is O=C(Cc1ccc(F)c(F)c1)Nc1cccc(-c2n[nH]c(C3CC3)n2)c1. The highest BCUT2D eigenvalue weighted by Crippen LogP contribution is 2.38. The molecular weight excluding hydrogens is 338 g/mol. The van der Waals surface area contributed by atoms with Crippen molar-refractivity contribution in [3.05, 3.63) is 65.5 Å². The lowest BCUT2D eigenvalue weighted by Gasteiger charge is -2.07. The van der Waals surface area contributed by atoms with Gasteiger partial charge in [0.05, 0.1) is 6.42 Å². The van der Waals surface area contributed by atoms with Gasteiger partial charge in [-0.05, 0) is 42.7 Å². The largest absolute Gasteiger partial charge is 0.326 e. The molecule has 0 saturated heterocycles. The molecule has 3 aromatic rings. The van der Waals surface area contributed by atoms with Crippen LogP contribution in [0.2, 0.25) is 0 Å². The fourth-order valence-electron chi connectivity index (χ4n) is 2.72. The lowest BCUT2D eigenvalue weighted by Crippen LogP contribution is -2.14. The molecule has 0 bridgehead atoms. The third-order valence-electron chi connectivity index (χ3n) is 4.22. The van der Waals surface area contributed by atoms with Gasteiger partial charge in [0.1, 0.15) is 5.82 Å². The van der Waals surface area contributed by atoms with Crippen LogP contribution in [0, 0.1) is 11.6 Å². The Morgan fingerprint density at radius 2 is 2.00 bits per heavy atom. The number of carbonyl (C=O) groups is 1. The van der Waals surface area contributed by atoms with Crippen LogP contribution in [0.4, 0.5) is 14.5 Å². The number of anilines is 1. The molecule has 1 aromatic heterocycles. The highest BCUT2D eigenvalue weighted by atomic mass is 19.2. The molecular formula is C19H16F2N4O. The van der Waals surface area contributed by atoms with Crippen molar-refractivity contribution < 1.29 is 13.6 Å². The Morgan fingerprint density at radius 1 is 1.15 bits per heavy atom. The summed E-state index contributed by atoms with van der Waals surface area (Å²) in [6, 6.07) is 10.6. The highest BCUT2D eigenvalue weighted by Gasteiger charge is 2.27. The first kappa shape index (κ1) is 16.4. The molecule has 2 aromatic carbocycles. The zero-order valence-corrected chi connectivity index (χ0v) is 13.8. The Balaban J connectivity index is 1.45. The van der Waals surface area contributed by atoms with Gasteiger partial charge in [-0.2, -0.15) is 5.10 Å². The van der Waals surface area contributed by atoms with Crippen LogP contribution < -0.4 is 5.32 Å². The summed E-state index contributed by atoms with van der Waals surface area (Å²) in [6.45, 7) is 0. The van der Waals surface area contributed by atoms with E-state index in [1.807, 2.05) is 6.07 Å². The van der Waals surface area contributed by atoms with Crippen LogP contribution in [0.3, 0.4) is 0 Å². The first-order valence-electron chi connectivity index (χ1n) is 8.35. The number of hydrogen-bond donors (Lipinski definition) is 2. The van der Waals surface area contributed by atoms with Crippen molar-refractivity contribution >= 4 is 11.6 Å². The summed E-state index contributed by atoms with van der Waals surface area (Å²) in [5.74, 6) is -0.249. The fraction of sp³-hybridized carbons (Fsp3) is 0.211. The number of rotatable bonds is 5. The fourth-order valence-corrected chi connectivity index (χ4v) is 2.72. The van der Waals surface area contributed by atoms with Crippen molar-refractivity contribution in [2.75, 3.05) is 5.32 Å². The maximum Gasteiger partial charge on any atom is 0.228 e. The first-order valence-corrected chi connectivity index (χ1v) is 8.35. The van der Waals surface area contributed by atoms with Crippen molar-refractivity contribution in [2.24, 2.45) is 0 Å². The minimum atomic E-state index is -0.964. The number of benzene rings is 2. The van der Waals surface area contributed by atoms with Gasteiger partial charge in [0, 0.05) is 17.2 Å². The van der Waals surface area contributed by atoms with Crippen molar-refractivity contribution in [3.8, 4) is 11.4 Å². The number of nitrogens with one attached hydrogen (secondary N) is 2. The third kappa shape index (κ3) is 3.61. The number of aromatic amines is 1. The number of aromatic nitrogens is 3. The standard InChI is InChI=1S/C19H16F2N4O/c20-15-7-4-11(8-16(15)21)9-17(26)22-14-3-1-2-13(10-14)19-23-18(24-25-19)12-5-6-12/h1-4,7-8,10,12H,5-6,9H2,(H,22,26)(H,23,24,25). The Labute approximate surface area is 148 Å². The van der Waals surface area contributed by atoms with Gasteiger partial charge in [0.2, 0.25) is 5.91 Å². The van der Waals surface area contributed by atoms with Crippen molar-refractivity contribution in [1.82, 2.24) is 15.2 Å². The maximum atomic E-state index is 13.2. The number of nitrogens with zero attached hydrogens (tertiary/aromatic N) is 2. The van der Waals surface area contributed by atoms with E-state index in [0.717, 1.165) is 36.4 Å². The van der Waals surface area contributed by atoms with Crippen LogP contribution in [0.15, 0.2) is 42.5 Å². The lowest BCUT2D eigenvalue weighted by atomic mass is 10.1. The van der Waals surface area contributed by atoms with Gasteiger partial charge < -0.3 is 5.32 Å². The number of H-pyrrole nitrogens is 1. The zero-order valence-electron chi connectivity index (χ0n) is 13.8. The summed E-state index contributed by atoms with van der Waals surface area (Å²) in [7, 11) is 0. The Hall–Kier alpha value is -3.09. The highest BCUT2D eigenvalue weighted by molar-refractivity contribution is 5.92. The van der Waals surface area contributed by atoms with Gasteiger partial charge >= 0.3 is 0 Å². The van der Waals surface area contributed by atoms with Crippen LogP contribution in [-0.4, -0.2) is 21.1 Å². The molecule has 7 heteroatoms. The third-order valence-corrected chi connectivity index (χ3v) is 4.22. The van der Waals surface area contributed by atoms with E-state index in [0.29, 0.717) is 23.0 Å². The Bertz CT molecular complexity index is 966. The van der Waals surface area contributed by atoms with E-state index in [2.05, 4.69) is 20.5 Å². The second kappa shape index (κ2) is 6.67. The summed E-state index contributed by atoms with van der Waals surface area (Å²) in [6.07, 6.45) is 2.22. The second-order valence-electron chi connectivity index (χ2n) is 6.37. The summed E-state index contributed by atoms with van der Waals surface area (Å²) in [5.41, 5.74) is 1.78. The summed E-state index contributed by atoms with van der Waals surface area (Å²) in [5, 5.41) is 9.94. The zero-order chi connectivity index (χ0) is 18.1. The summed E-state index contributed by atoms with van der Waals surface area (Å²) >= 11 is 0. The number of halogens is 2. The molecule has 1 aliphatic rings. The molecule has 5 nitrogen and oxygen atoms in total. The molecule has 0 aliphatic heterocycles. The van der Waals surface area contributed by atoms with E-state index in [-0.39, 0.29) is 12.3 Å². The minimum Gasteiger partial charge on any atom is -0.326 e. The van der Waals surface area contributed by atoms with E-state index in [4.69, 9.17) is 0 Å². The predicted octanol–water partition coefficient (Wildman–Crippen LogP) is 3.81. The topological polar surface area (TPSA) is 70.7 Å². The molecule has 0 unspecified atom stereocenters. The van der Waals surface area contributed by atoms with E-state index in [1.165, 1.54) is 6.07 Å². The van der Waals surface area contributed by atoms with Crippen molar-refractivity contribution in [2.45, 2.75) is 25.2 Å². The average Bonchev–Trinajstić information content (AvgIpc) is 3.35. The van der Waals surface area contributed by atoms with E-state index >= 15 is 0 Å². The van der Waals surface area contributed by atoms with Gasteiger partial charge in [-0.25, -0.2) is 13.8 Å². The van der Waals surface area contributed by atoms with Gasteiger partial charge in [-0.1, -0.05) is 18.2 Å².